The van der Waals surface area contributed by atoms with Gasteiger partial charge in [-0.1, -0.05) is 12.1 Å². The van der Waals surface area contributed by atoms with Crippen molar-refractivity contribution in [2.24, 2.45) is 0 Å². The number of hydrogen-bond donors (Lipinski definition) is 2. The number of hydrogen-bond acceptors (Lipinski definition) is 2. The summed E-state index contributed by atoms with van der Waals surface area (Å²) in [5.41, 5.74) is 3.56. The van der Waals surface area contributed by atoms with Gasteiger partial charge in [0.1, 0.15) is 5.75 Å². The zero-order chi connectivity index (χ0) is 17.0. The molecule has 0 aliphatic rings. The summed E-state index contributed by atoms with van der Waals surface area (Å²) in [6.45, 7) is 3.92. The van der Waals surface area contributed by atoms with Gasteiger partial charge >= 0.3 is 6.36 Å². The minimum absolute atomic E-state index is 0.281. The lowest BCUT2D eigenvalue weighted by molar-refractivity contribution is -0.274. The largest absolute Gasteiger partial charge is 0.573 e. The zero-order valence-corrected chi connectivity index (χ0v) is 13.3. The summed E-state index contributed by atoms with van der Waals surface area (Å²) < 4.78 is 40.1. The van der Waals surface area contributed by atoms with E-state index in [4.69, 9.17) is 12.2 Å². The molecule has 0 aromatic heterocycles. The second kappa shape index (κ2) is 6.87. The van der Waals surface area contributed by atoms with Gasteiger partial charge in [-0.25, -0.2) is 0 Å². The molecule has 0 aliphatic carbocycles. The average molecular weight is 340 g/mol. The Morgan fingerprint density at radius 2 is 1.65 bits per heavy atom. The van der Waals surface area contributed by atoms with Gasteiger partial charge in [-0.05, 0) is 67.5 Å². The summed E-state index contributed by atoms with van der Waals surface area (Å²) in [6, 6.07) is 11.3. The lowest BCUT2D eigenvalue weighted by Gasteiger charge is -2.14. The van der Waals surface area contributed by atoms with Crippen LogP contribution >= 0.6 is 12.2 Å². The molecule has 0 aliphatic heterocycles. The molecule has 0 saturated carbocycles. The Kier molecular flexibility index (Phi) is 5.10. The van der Waals surface area contributed by atoms with Gasteiger partial charge < -0.3 is 15.4 Å². The Bertz CT molecular complexity index is 699. The van der Waals surface area contributed by atoms with Crippen molar-refractivity contribution in [2.45, 2.75) is 20.2 Å². The number of ether oxygens (including phenoxy) is 1. The van der Waals surface area contributed by atoms with E-state index in [1.165, 1.54) is 24.3 Å². The maximum absolute atomic E-state index is 12.1. The van der Waals surface area contributed by atoms with E-state index in [2.05, 4.69) is 15.4 Å². The summed E-state index contributed by atoms with van der Waals surface area (Å²) in [6.07, 6.45) is -4.70. The normalized spacial score (nSPS) is 11.0. The molecule has 2 aromatic carbocycles. The zero-order valence-electron chi connectivity index (χ0n) is 12.5. The van der Waals surface area contributed by atoms with Gasteiger partial charge in [0, 0.05) is 11.4 Å². The molecule has 0 atom stereocenters. The van der Waals surface area contributed by atoms with Crippen LogP contribution < -0.4 is 15.4 Å². The molecule has 0 unspecified atom stereocenters. The maximum Gasteiger partial charge on any atom is 0.573 e. The van der Waals surface area contributed by atoms with E-state index in [9.17, 15) is 13.2 Å². The molecule has 0 spiro atoms. The van der Waals surface area contributed by atoms with Crippen LogP contribution in [0.15, 0.2) is 42.5 Å². The van der Waals surface area contributed by atoms with Crippen molar-refractivity contribution in [3.63, 3.8) is 0 Å². The highest BCUT2D eigenvalue weighted by atomic mass is 32.1. The van der Waals surface area contributed by atoms with Crippen molar-refractivity contribution < 1.29 is 17.9 Å². The van der Waals surface area contributed by atoms with Crippen molar-refractivity contribution in [1.82, 2.24) is 0 Å². The first-order chi connectivity index (χ1) is 10.7. The van der Waals surface area contributed by atoms with E-state index in [-0.39, 0.29) is 5.75 Å². The minimum atomic E-state index is -4.70. The summed E-state index contributed by atoms with van der Waals surface area (Å²) in [5, 5.41) is 6.32. The number of rotatable bonds is 3. The molecule has 0 fully saturated rings. The maximum atomic E-state index is 12.1. The highest BCUT2D eigenvalue weighted by molar-refractivity contribution is 7.80. The number of anilines is 2. The van der Waals surface area contributed by atoms with E-state index < -0.39 is 6.36 Å². The summed E-state index contributed by atoms with van der Waals surface area (Å²) in [7, 11) is 0. The van der Waals surface area contributed by atoms with E-state index in [1.54, 1.807) is 0 Å². The molecule has 3 nitrogen and oxygen atoms in total. The average Bonchev–Trinajstić information content (AvgIpc) is 2.43. The molecule has 0 radical (unpaired) electrons. The van der Waals surface area contributed by atoms with Crippen LogP contribution in [0.3, 0.4) is 0 Å². The summed E-state index contributed by atoms with van der Waals surface area (Å²) in [4.78, 5) is 0. The fourth-order valence-corrected chi connectivity index (χ4v) is 2.12. The Balaban J connectivity index is 1.99. The highest BCUT2D eigenvalue weighted by Gasteiger charge is 2.30. The van der Waals surface area contributed by atoms with Crippen LogP contribution in [-0.2, 0) is 0 Å². The van der Waals surface area contributed by atoms with E-state index in [0.717, 1.165) is 16.8 Å². The molecule has 23 heavy (non-hydrogen) atoms. The van der Waals surface area contributed by atoms with Crippen LogP contribution in [0.4, 0.5) is 24.5 Å². The highest BCUT2D eigenvalue weighted by Crippen LogP contribution is 2.24. The fourth-order valence-electron chi connectivity index (χ4n) is 1.90. The Morgan fingerprint density at radius 1 is 1.00 bits per heavy atom. The van der Waals surface area contributed by atoms with Crippen molar-refractivity contribution in [1.29, 1.82) is 0 Å². The Hall–Kier alpha value is -2.28. The smallest absolute Gasteiger partial charge is 0.406 e. The predicted octanol–water partition coefficient (Wildman–Crippen LogP) is 5.01. The van der Waals surface area contributed by atoms with Gasteiger partial charge in [-0.3, -0.25) is 0 Å². The lowest BCUT2D eigenvalue weighted by atomic mass is 10.1. The van der Waals surface area contributed by atoms with Gasteiger partial charge in [-0.2, -0.15) is 0 Å². The van der Waals surface area contributed by atoms with Crippen LogP contribution in [0, 0.1) is 13.8 Å². The Morgan fingerprint density at radius 3 is 2.26 bits per heavy atom. The van der Waals surface area contributed by atoms with Gasteiger partial charge in [0.2, 0.25) is 0 Å². The number of aryl methyl sites for hydroxylation is 2. The molecule has 122 valence electrons. The number of halogens is 3. The number of alkyl halides is 3. The van der Waals surface area contributed by atoms with Crippen molar-refractivity contribution >= 4 is 28.7 Å². The lowest BCUT2D eigenvalue weighted by Crippen LogP contribution is -2.20. The first-order valence-corrected chi connectivity index (χ1v) is 7.15. The molecule has 0 bridgehead atoms. The van der Waals surface area contributed by atoms with Crippen LogP contribution in [0.2, 0.25) is 0 Å². The quantitative estimate of drug-likeness (QED) is 0.770. The van der Waals surface area contributed by atoms with Gasteiger partial charge in [0.25, 0.3) is 0 Å². The van der Waals surface area contributed by atoms with E-state index in [1.807, 2.05) is 32.0 Å². The molecule has 2 N–H and O–H groups in total. The molecule has 0 heterocycles. The molecule has 2 rings (SSSR count). The SMILES string of the molecule is Cc1ccc(C)c(NC(=S)Nc2ccc(OC(F)(F)F)cc2)c1. The number of benzene rings is 2. The number of thiocarbonyl (C=S) groups is 1. The molecule has 2 aromatic rings. The Labute approximate surface area is 137 Å². The summed E-state index contributed by atoms with van der Waals surface area (Å²) >= 11 is 5.21. The van der Waals surface area contributed by atoms with Crippen LogP contribution in [0.25, 0.3) is 0 Å². The molecular formula is C16H15F3N2OS. The third-order valence-electron chi connectivity index (χ3n) is 2.99. The first-order valence-electron chi connectivity index (χ1n) is 6.74. The summed E-state index contributed by atoms with van der Waals surface area (Å²) in [5.74, 6) is -0.281. The topological polar surface area (TPSA) is 33.3 Å². The van der Waals surface area contributed by atoms with Crippen molar-refractivity contribution in [3.8, 4) is 5.75 Å². The van der Waals surface area contributed by atoms with Gasteiger partial charge in [-0.15, -0.1) is 13.2 Å². The molecular weight excluding hydrogens is 325 g/mol. The third-order valence-corrected chi connectivity index (χ3v) is 3.19. The second-order valence-electron chi connectivity index (χ2n) is 4.97. The van der Waals surface area contributed by atoms with Crippen molar-refractivity contribution in [2.75, 3.05) is 10.6 Å². The predicted molar refractivity (Wildman–Crippen MR) is 88.9 cm³/mol. The van der Waals surface area contributed by atoms with Crippen LogP contribution in [-0.4, -0.2) is 11.5 Å². The monoisotopic (exact) mass is 340 g/mol. The fraction of sp³-hybridized carbons (Fsp3) is 0.188. The van der Waals surface area contributed by atoms with Gasteiger partial charge in [0.05, 0.1) is 0 Å². The van der Waals surface area contributed by atoms with E-state index in [0.29, 0.717) is 10.8 Å². The van der Waals surface area contributed by atoms with Crippen molar-refractivity contribution in [3.05, 3.63) is 53.6 Å². The minimum Gasteiger partial charge on any atom is -0.406 e. The third kappa shape index (κ3) is 5.45. The molecule has 0 amide bonds. The second-order valence-corrected chi connectivity index (χ2v) is 5.38. The first kappa shape index (κ1) is 17.1. The van der Waals surface area contributed by atoms with Crippen LogP contribution in [0.5, 0.6) is 5.75 Å². The molecule has 7 heteroatoms. The standard InChI is InChI=1S/C16H15F3N2OS/c1-10-3-4-11(2)14(9-10)21-15(23)20-12-5-7-13(8-6-12)22-16(17,18)19/h3-9H,1-2H3,(H2,20,21,23). The molecule has 0 saturated heterocycles. The number of nitrogens with one attached hydrogen (secondary N) is 2. The van der Waals surface area contributed by atoms with Crippen LogP contribution in [0.1, 0.15) is 11.1 Å². The van der Waals surface area contributed by atoms with E-state index >= 15 is 0 Å². The van der Waals surface area contributed by atoms with Gasteiger partial charge in [0.15, 0.2) is 5.11 Å².